The molecular weight excluding hydrogens is 472 g/mol. The predicted octanol–water partition coefficient (Wildman–Crippen LogP) is 3.25. The van der Waals surface area contributed by atoms with Crippen molar-refractivity contribution in [3.05, 3.63) is 29.8 Å². The second-order valence-electron chi connectivity index (χ2n) is 6.43. The van der Waals surface area contributed by atoms with Gasteiger partial charge in [0.2, 0.25) is 0 Å². The van der Waals surface area contributed by atoms with Crippen LogP contribution < -0.4 is 15.4 Å². The molecule has 2 rings (SSSR count). The van der Waals surface area contributed by atoms with Crippen LogP contribution in [-0.2, 0) is 6.54 Å². The summed E-state index contributed by atoms with van der Waals surface area (Å²) >= 11 is 0. The van der Waals surface area contributed by atoms with Gasteiger partial charge in [-0.2, -0.15) is 13.2 Å². The van der Waals surface area contributed by atoms with Crippen LogP contribution in [0.5, 0.6) is 5.75 Å². The summed E-state index contributed by atoms with van der Waals surface area (Å²) < 4.78 is 42.5. The molecule has 1 atom stereocenters. The first-order chi connectivity index (χ1) is 12.4. The van der Waals surface area contributed by atoms with E-state index < -0.39 is 12.7 Å². The van der Waals surface area contributed by atoms with Crippen molar-refractivity contribution >= 4 is 29.9 Å². The van der Waals surface area contributed by atoms with E-state index in [4.69, 9.17) is 4.74 Å². The van der Waals surface area contributed by atoms with E-state index in [-0.39, 0.29) is 29.9 Å². The summed E-state index contributed by atoms with van der Waals surface area (Å²) in [6.07, 6.45) is -3.36. The molecule has 0 amide bonds. The number of nitrogens with one attached hydrogen (secondary N) is 2. The van der Waals surface area contributed by atoms with E-state index in [9.17, 15) is 13.2 Å². The number of hydrogen-bond acceptors (Lipinski definition) is 3. The van der Waals surface area contributed by atoms with Crippen LogP contribution in [0.15, 0.2) is 29.3 Å². The van der Waals surface area contributed by atoms with E-state index in [1.807, 2.05) is 31.2 Å². The van der Waals surface area contributed by atoms with Crippen LogP contribution in [0.4, 0.5) is 13.2 Å². The number of aliphatic imine (C=N–C) groups is 1. The number of ether oxygens (including phenoxy) is 1. The van der Waals surface area contributed by atoms with Gasteiger partial charge in [-0.1, -0.05) is 12.1 Å². The van der Waals surface area contributed by atoms with Gasteiger partial charge in [-0.15, -0.1) is 24.0 Å². The van der Waals surface area contributed by atoms with Gasteiger partial charge < -0.3 is 15.4 Å². The minimum absolute atomic E-state index is 0. The Morgan fingerprint density at radius 2 is 1.96 bits per heavy atom. The van der Waals surface area contributed by atoms with E-state index >= 15 is 0 Å². The van der Waals surface area contributed by atoms with Gasteiger partial charge in [0.25, 0.3) is 0 Å². The number of benzene rings is 1. The number of guanidine groups is 1. The lowest BCUT2D eigenvalue weighted by atomic mass is 10.1. The molecular formula is C18H28F3IN4O. The Labute approximate surface area is 175 Å². The molecule has 2 N–H and O–H groups in total. The van der Waals surface area contributed by atoms with Crippen LogP contribution in [0.25, 0.3) is 0 Å². The number of nitrogens with zero attached hydrogens (tertiary/aromatic N) is 2. The minimum Gasteiger partial charge on any atom is -0.497 e. The molecule has 0 bridgehead atoms. The molecule has 9 heteroatoms. The van der Waals surface area contributed by atoms with Gasteiger partial charge in [-0.05, 0) is 43.5 Å². The smallest absolute Gasteiger partial charge is 0.401 e. The first kappa shape index (κ1) is 23.8. The zero-order valence-electron chi connectivity index (χ0n) is 15.7. The van der Waals surface area contributed by atoms with E-state index in [1.165, 1.54) is 4.90 Å². The molecule has 1 unspecified atom stereocenters. The summed E-state index contributed by atoms with van der Waals surface area (Å²) in [5.74, 6) is 1.67. The van der Waals surface area contributed by atoms with Crippen LogP contribution in [0, 0.1) is 5.92 Å². The third-order valence-electron chi connectivity index (χ3n) is 4.25. The van der Waals surface area contributed by atoms with Crippen molar-refractivity contribution in [2.45, 2.75) is 26.1 Å². The van der Waals surface area contributed by atoms with Crippen LogP contribution in [0.3, 0.4) is 0 Å². The first-order valence-electron chi connectivity index (χ1n) is 8.84. The van der Waals surface area contributed by atoms with Gasteiger partial charge in [0.1, 0.15) is 5.75 Å². The second kappa shape index (κ2) is 11.6. The number of rotatable bonds is 7. The highest BCUT2D eigenvalue weighted by molar-refractivity contribution is 14.0. The van der Waals surface area contributed by atoms with Crippen molar-refractivity contribution in [1.82, 2.24) is 15.5 Å². The summed E-state index contributed by atoms with van der Waals surface area (Å²) in [5, 5.41) is 6.41. The van der Waals surface area contributed by atoms with Crippen molar-refractivity contribution in [2.75, 3.05) is 39.8 Å². The number of alkyl halides is 3. The van der Waals surface area contributed by atoms with Crippen molar-refractivity contribution in [2.24, 2.45) is 10.9 Å². The molecule has 1 aliphatic rings. The number of halogens is 4. The van der Waals surface area contributed by atoms with E-state index in [1.54, 1.807) is 7.11 Å². The summed E-state index contributed by atoms with van der Waals surface area (Å²) in [4.78, 5) is 6.00. The van der Waals surface area contributed by atoms with Gasteiger partial charge in [0.05, 0.1) is 20.2 Å². The average molecular weight is 500 g/mol. The molecule has 0 spiro atoms. The molecule has 154 valence electrons. The molecule has 1 aliphatic heterocycles. The van der Waals surface area contributed by atoms with Crippen LogP contribution in [-0.4, -0.2) is 56.9 Å². The summed E-state index contributed by atoms with van der Waals surface area (Å²) in [5.41, 5.74) is 1.06. The molecule has 0 saturated carbocycles. The Hall–Kier alpha value is -1.23. The molecule has 1 saturated heterocycles. The molecule has 0 aliphatic carbocycles. The lowest BCUT2D eigenvalue weighted by Crippen LogP contribution is -2.40. The first-order valence-corrected chi connectivity index (χ1v) is 8.84. The van der Waals surface area contributed by atoms with Crippen LogP contribution in [0.1, 0.15) is 18.9 Å². The van der Waals surface area contributed by atoms with E-state index in [2.05, 4.69) is 15.6 Å². The zero-order valence-corrected chi connectivity index (χ0v) is 18.0. The number of methoxy groups -OCH3 is 1. The Morgan fingerprint density at radius 3 is 2.56 bits per heavy atom. The monoisotopic (exact) mass is 500 g/mol. The maximum absolute atomic E-state index is 12.5. The highest BCUT2D eigenvalue weighted by Crippen LogP contribution is 2.22. The van der Waals surface area contributed by atoms with Gasteiger partial charge in [-0.25, -0.2) is 4.99 Å². The fourth-order valence-electron chi connectivity index (χ4n) is 2.96. The molecule has 27 heavy (non-hydrogen) atoms. The summed E-state index contributed by atoms with van der Waals surface area (Å²) in [6.45, 7) is 3.96. The average Bonchev–Trinajstić information content (AvgIpc) is 3.03. The van der Waals surface area contributed by atoms with Crippen LogP contribution in [0.2, 0.25) is 0 Å². The number of hydrogen-bond donors (Lipinski definition) is 2. The standard InChI is InChI=1S/C18H27F3N4O.HI/c1-3-22-17(23-10-14-4-6-16(26-2)7-5-14)24-11-15-8-9-25(12-15)13-18(19,20)21;/h4-7,15H,3,8-13H2,1-2H3,(H2,22,23,24);1H. The Balaban J connectivity index is 0.00000364. The van der Waals surface area contributed by atoms with E-state index in [0.29, 0.717) is 32.1 Å². The topological polar surface area (TPSA) is 48.9 Å². The van der Waals surface area contributed by atoms with Gasteiger partial charge in [0, 0.05) is 19.6 Å². The molecule has 1 aromatic rings. The van der Waals surface area contributed by atoms with Crippen molar-refractivity contribution in [3.8, 4) is 5.75 Å². The van der Waals surface area contributed by atoms with Crippen molar-refractivity contribution < 1.29 is 17.9 Å². The fraction of sp³-hybridized carbons (Fsp3) is 0.611. The lowest BCUT2D eigenvalue weighted by Gasteiger charge is -2.18. The van der Waals surface area contributed by atoms with Crippen molar-refractivity contribution in [3.63, 3.8) is 0 Å². The van der Waals surface area contributed by atoms with Crippen molar-refractivity contribution in [1.29, 1.82) is 0 Å². The SMILES string of the molecule is CCNC(=NCc1ccc(OC)cc1)NCC1CCN(CC(F)(F)F)C1.I. The molecule has 5 nitrogen and oxygen atoms in total. The van der Waals surface area contributed by atoms with Gasteiger partial charge in [0.15, 0.2) is 5.96 Å². The maximum Gasteiger partial charge on any atom is 0.401 e. The normalized spacial score (nSPS) is 18.1. The molecule has 1 aromatic carbocycles. The molecule has 1 heterocycles. The Morgan fingerprint density at radius 1 is 1.26 bits per heavy atom. The highest BCUT2D eigenvalue weighted by Gasteiger charge is 2.34. The number of likely N-dealkylation sites (tertiary alicyclic amines) is 1. The minimum atomic E-state index is -4.13. The third-order valence-corrected chi connectivity index (χ3v) is 4.25. The van der Waals surface area contributed by atoms with E-state index in [0.717, 1.165) is 24.3 Å². The lowest BCUT2D eigenvalue weighted by molar-refractivity contribution is -0.143. The second-order valence-corrected chi connectivity index (χ2v) is 6.43. The predicted molar refractivity (Wildman–Crippen MR) is 112 cm³/mol. The third kappa shape index (κ3) is 9.00. The summed E-state index contributed by atoms with van der Waals surface area (Å²) in [6, 6.07) is 7.69. The van der Waals surface area contributed by atoms with Crippen LogP contribution >= 0.6 is 24.0 Å². The highest BCUT2D eigenvalue weighted by atomic mass is 127. The Kier molecular flexibility index (Phi) is 10.2. The maximum atomic E-state index is 12.5. The summed E-state index contributed by atoms with van der Waals surface area (Å²) in [7, 11) is 1.62. The quantitative estimate of drug-likeness (QED) is 0.343. The molecule has 0 aromatic heterocycles. The van der Waals surface area contributed by atoms with Gasteiger partial charge >= 0.3 is 6.18 Å². The molecule has 0 radical (unpaired) electrons. The Bertz CT molecular complexity index is 581. The zero-order chi connectivity index (χ0) is 19.0. The van der Waals surface area contributed by atoms with Gasteiger partial charge in [-0.3, -0.25) is 4.90 Å². The fourth-order valence-corrected chi connectivity index (χ4v) is 2.96. The largest absolute Gasteiger partial charge is 0.497 e. The molecule has 1 fully saturated rings.